The Morgan fingerprint density at radius 1 is 1.12 bits per heavy atom. The van der Waals surface area contributed by atoms with Crippen LogP contribution in [0.4, 0.5) is 5.69 Å². The van der Waals surface area contributed by atoms with Crippen LogP contribution in [0.2, 0.25) is 0 Å². The average molecular weight is 353 g/mol. The van der Waals surface area contributed by atoms with Gasteiger partial charge >= 0.3 is 0 Å². The summed E-state index contributed by atoms with van der Waals surface area (Å²) in [4.78, 5) is 14.7. The molecule has 1 fully saturated rings. The van der Waals surface area contributed by atoms with Crippen molar-refractivity contribution in [1.29, 1.82) is 0 Å². The molecule has 6 heteroatoms. The minimum absolute atomic E-state index is 0.108. The molecule has 1 atom stereocenters. The second kappa shape index (κ2) is 7.55. The maximum absolute atomic E-state index is 12.9. The highest BCUT2D eigenvalue weighted by molar-refractivity contribution is 7.92. The number of anilines is 1. The highest BCUT2D eigenvalue weighted by atomic mass is 32.2. The third-order valence-corrected chi connectivity index (χ3v) is 5.81. The van der Waals surface area contributed by atoms with Crippen molar-refractivity contribution in [1.82, 2.24) is 4.90 Å². The Morgan fingerprint density at radius 2 is 1.71 bits per heavy atom. The Labute approximate surface area is 145 Å². The number of carbonyl (C=O) groups is 1. The van der Waals surface area contributed by atoms with E-state index in [2.05, 4.69) is 0 Å². The number of benzene rings is 1. The van der Waals surface area contributed by atoms with E-state index in [4.69, 9.17) is 0 Å². The fraction of sp³-hybridized carbons (Fsp3) is 0.611. The normalized spacial score (nSPS) is 17.2. The molecular formula is C18H28N2O3S. The molecule has 1 amide bonds. The number of nitrogens with zero attached hydrogens (tertiary/aromatic N) is 2. The third-order valence-electron chi connectivity index (χ3n) is 4.59. The van der Waals surface area contributed by atoms with Gasteiger partial charge in [-0.15, -0.1) is 0 Å². The number of sulfonamides is 1. The topological polar surface area (TPSA) is 57.7 Å². The van der Waals surface area contributed by atoms with E-state index >= 15 is 0 Å². The minimum atomic E-state index is -3.56. The maximum Gasteiger partial charge on any atom is 0.246 e. The summed E-state index contributed by atoms with van der Waals surface area (Å²) in [7, 11) is -3.56. The zero-order valence-corrected chi connectivity index (χ0v) is 15.9. The quantitative estimate of drug-likeness (QED) is 0.837. The molecule has 0 spiro atoms. The van der Waals surface area contributed by atoms with Gasteiger partial charge in [-0.3, -0.25) is 9.10 Å². The summed E-state index contributed by atoms with van der Waals surface area (Å²) in [5.74, 6) is -0.108. The zero-order valence-electron chi connectivity index (χ0n) is 15.1. The first-order valence-electron chi connectivity index (χ1n) is 8.57. The van der Waals surface area contributed by atoms with Crippen LogP contribution >= 0.6 is 0 Å². The molecule has 0 bridgehead atoms. The largest absolute Gasteiger partial charge is 0.341 e. The number of hydrogen-bond acceptors (Lipinski definition) is 3. The van der Waals surface area contributed by atoms with E-state index < -0.39 is 16.1 Å². The number of hydrogen-bond donors (Lipinski definition) is 0. The van der Waals surface area contributed by atoms with E-state index in [-0.39, 0.29) is 5.91 Å². The van der Waals surface area contributed by atoms with Gasteiger partial charge in [0, 0.05) is 13.1 Å². The third kappa shape index (κ3) is 4.29. The Balaban J connectivity index is 2.37. The van der Waals surface area contributed by atoms with Gasteiger partial charge in [-0.25, -0.2) is 8.42 Å². The van der Waals surface area contributed by atoms with Gasteiger partial charge in [0.2, 0.25) is 15.9 Å². The molecule has 1 aromatic rings. The lowest BCUT2D eigenvalue weighted by molar-refractivity contribution is -0.131. The first-order chi connectivity index (χ1) is 11.2. The molecule has 0 aromatic heterocycles. The van der Waals surface area contributed by atoms with Gasteiger partial charge in [-0.05, 0) is 50.8 Å². The Hall–Kier alpha value is -1.56. The number of likely N-dealkylation sites (tertiary alicyclic amines) is 1. The molecule has 1 aliphatic heterocycles. The van der Waals surface area contributed by atoms with E-state index in [0.29, 0.717) is 18.8 Å². The van der Waals surface area contributed by atoms with Crippen LogP contribution in [-0.4, -0.2) is 44.6 Å². The highest BCUT2D eigenvalue weighted by Crippen LogP contribution is 2.27. The molecule has 2 rings (SSSR count). The minimum Gasteiger partial charge on any atom is -0.341 e. The molecule has 1 aromatic carbocycles. The van der Waals surface area contributed by atoms with Crippen LogP contribution in [0.1, 0.15) is 43.7 Å². The summed E-state index contributed by atoms with van der Waals surface area (Å²) < 4.78 is 26.2. The van der Waals surface area contributed by atoms with E-state index in [1.165, 1.54) is 10.6 Å². The SMILES string of the molecule is Cc1ccc(C)c(N(C(C)C(=O)N2CCCCCC2)S(C)(=O)=O)c1. The molecule has 0 saturated carbocycles. The Morgan fingerprint density at radius 3 is 2.25 bits per heavy atom. The molecule has 24 heavy (non-hydrogen) atoms. The molecule has 1 saturated heterocycles. The van der Waals surface area contributed by atoms with Crippen LogP contribution in [0.5, 0.6) is 0 Å². The lowest BCUT2D eigenvalue weighted by Gasteiger charge is -2.33. The van der Waals surface area contributed by atoms with Gasteiger partial charge in [-0.2, -0.15) is 0 Å². The van der Waals surface area contributed by atoms with E-state index in [0.717, 1.165) is 36.8 Å². The molecule has 134 valence electrons. The summed E-state index contributed by atoms with van der Waals surface area (Å²) >= 11 is 0. The van der Waals surface area contributed by atoms with Crippen molar-refractivity contribution in [2.45, 2.75) is 52.5 Å². The number of carbonyl (C=O) groups excluding carboxylic acids is 1. The van der Waals surface area contributed by atoms with Crippen LogP contribution < -0.4 is 4.31 Å². The van der Waals surface area contributed by atoms with E-state index in [1.54, 1.807) is 6.92 Å². The fourth-order valence-electron chi connectivity index (χ4n) is 3.29. The lowest BCUT2D eigenvalue weighted by atomic mass is 10.1. The van der Waals surface area contributed by atoms with Crippen molar-refractivity contribution >= 4 is 21.6 Å². The predicted molar refractivity (Wildman–Crippen MR) is 97.7 cm³/mol. The predicted octanol–water partition coefficient (Wildman–Crippen LogP) is 2.86. The van der Waals surface area contributed by atoms with Gasteiger partial charge < -0.3 is 4.90 Å². The van der Waals surface area contributed by atoms with Crippen molar-refractivity contribution in [2.75, 3.05) is 23.7 Å². The van der Waals surface area contributed by atoms with E-state index in [1.807, 2.05) is 36.9 Å². The Bertz CT molecular complexity index is 692. The summed E-state index contributed by atoms with van der Waals surface area (Å²) in [6, 6.07) is 4.94. The van der Waals surface area contributed by atoms with Gasteiger partial charge in [0.1, 0.15) is 6.04 Å². The molecule has 0 aliphatic carbocycles. The number of amides is 1. The standard InChI is InChI=1S/C18H28N2O3S/c1-14-9-10-15(2)17(13-14)20(24(4,22)23)16(3)18(21)19-11-7-5-6-8-12-19/h9-10,13,16H,5-8,11-12H2,1-4H3. The van der Waals surface area contributed by atoms with Crippen LogP contribution in [0, 0.1) is 13.8 Å². The van der Waals surface area contributed by atoms with Crippen LogP contribution in [-0.2, 0) is 14.8 Å². The zero-order chi connectivity index (χ0) is 17.9. The first kappa shape index (κ1) is 18.8. The molecule has 1 unspecified atom stereocenters. The average Bonchev–Trinajstić information content (AvgIpc) is 2.78. The molecule has 0 N–H and O–H groups in total. The molecule has 0 radical (unpaired) electrons. The summed E-state index contributed by atoms with van der Waals surface area (Å²) in [5, 5.41) is 0. The maximum atomic E-state index is 12.9. The van der Waals surface area contributed by atoms with Gasteiger partial charge in [-0.1, -0.05) is 25.0 Å². The first-order valence-corrected chi connectivity index (χ1v) is 10.4. The summed E-state index contributed by atoms with van der Waals surface area (Å²) in [5.41, 5.74) is 2.41. The molecule has 1 aliphatic rings. The fourth-order valence-corrected chi connectivity index (χ4v) is 4.51. The van der Waals surface area contributed by atoms with Gasteiger partial charge in [0.25, 0.3) is 0 Å². The molecule has 1 heterocycles. The second-order valence-electron chi connectivity index (χ2n) is 6.76. The number of rotatable bonds is 4. The van der Waals surface area contributed by atoms with Crippen LogP contribution in [0.15, 0.2) is 18.2 Å². The number of aryl methyl sites for hydroxylation is 2. The van der Waals surface area contributed by atoms with Gasteiger partial charge in [0.15, 0.2) is 0 Å². The van der Waals surface area contributed by atoms with Crippen LogP contribution in [0.25, 0.3) is 0 Å². The molecule has 5 nitrogen and oxygen atoms in total. The molecular weight excluding hydrogens is 324 g/mol. The van der Waals surface area contributed by atoms with Crippen LogP contribution in [0.3, 0.4) is 0 Å². The van der Waals surface area contributed by atoms with E-state index in [9.17, 15) is 13.2 Å². The van der Waals surface area contributed by atoms with Crippen molar-refractivity contribution < 1.29 is 13.2 Å². The summed E-state index contributed by atoms with van der Waals surface area (Å²) in [6.45, 7) is 6.91. The highest BCUT2D eigenvalue weighted by Gasteiger charge is 2.33. The van der Waals surface area contributed by atoms with Crippen molar-refractivity contribution in [2.24, 2.45) is 0 Å². The second-order valence-corrected chi connectivity index (χ2v) is 8.62. The van der Waals surface area contributed by atoms with Crippen molar-refractivity contribution in [3.8, 4) is 0 Å². The summed E-state index contributed by atoms with van der Waals surface area (Å²) in [6.07, 6.45) is 5.40. The van der Waals surface area contributed by atoms with Gasteiger partial charge in [0.05, 0.1) is 11.9 Å². The lowest BCUT2D eigenvalue weighted by Crippen LogP contribution is -2.50. The smallest absolute Gasteiger partial charge is 0.246 e. The van der Waals surface area contributed by atoms with Crippen molar-refractivity contribution in [3.63, 3.8) is 0 Å². The monoisotopic (exact) mass is 352 g/mol. The Kier molecular flexibility index (Phi) is 5.91. The van der Waals surface area contributed by atoms with Crippen molar-refractivity contribution in [3.05, 3.63) is 29.3 Å².